The molecule has 1 aromatic carbocycles. The molecule has 0 bridgehead atoms. The van der Waals surface area contributed by atoms with Gasteiger partial charge in [-0.1, -0.05) is 29.8 Å². The van der Waals surface area contributed by atoms with Crippen LogP contribution in [-0.2, 0) is 0 Å². The number of benzene rings is 1. The van der Waals surface area contributed by atoms with Crippen LogP contribution in [0.1, 0.15) is 42.6 Å². The van der Waals surface area contributed by atoms with E-state index in [0.717, 1.165) is 15.6 Å². The molecule has 16 heavy (non-hydrogen) atoms. The maximum atomic E-state index is 10.1. The Hall–Kier alpha value is -0.580. The summed E-state index contributed by atoms with van der Waals surface area (Å²) in [5, 5.41) is 19.9. The number of hydrogen-bond acceptors (Lipinski definition) is 3. The topological polar surface area (TPSA) is 66.5 Å². The lowest BCUT2D eigenvalue weighted by Crippen LogP contribution is -2.14. The van der Waals surface area contributed by atoms with E-state index in [1.54, 1.807) is 0 Å². The smallest absolute Gasteiger partial charge is 0.125 e. The molecule has 3 nitrogen and oxygen atoms in total. The zero-order chi connectivity index (χ0) is 12.5. The number of nitrogens with two attached hydrogens (primary N) is 1. The lowest BCUT2D eigenvalue weighted by Gasteiger charge is -2.19. The SMILES string of the molecule is Cc1c(Br)cc(C(C)C)c(O)c1C(O)CN. The monoisotopic (exact) mass is 287 g/mol. The average molecular weight is 288 g/mol. The van der Waals surface area contributed by atoms with Crippen molar-refractivity contribution in [3.8, 4) is 5.75 Å². The van der Waals surface area contributed by atoms with E-state index in [1.807, 2.05) is 26.8 Å². The number of phenols is 1. The second-order valence-corrected chi connectivity index (χ2v) is 5.10. The summed E-state index contributed by atoms with van der Waals surface area (Å²) in [5.41, 5.74) is 7.62. The van der Waals surface area contributed by atoms with E-state index in [1.165, 1.54) is 0 Å². The Bertz CT molecular complexity index is 391. The molecule has 0 heterocycles. The first-order chi connectivity index (χ1) is 7.40. The molecule has 0 aliphatic rings. The average Bonchev–Trinajstić information content (AvgIpc) is 2.22. The predicted molar refractivity (Wildman–Crippen MR) is 68.6 cm³/mol. The molecule has 1 rings (SSSR count). The first-order valence-corrected chi connectivity index (χ1v) is 6.09. The van der Waals surface area contributed by atoms with Crippen molar-refractivity contribution in [2.75, 3.05) is 6.54 Å². The number of rotatable bonds is 3. The van der Waals surface area contributed by atoms with E-state index in [-0.39, 0.29) is 18.2 Å². The molecule has 1 atom stereocenters. The third-order valence-electron chi connectivity index (χ3n) is 2.75. The van der Waals surface area contributed by atoms with E-state index >= 15 is 0 Å². The molecule has 0 saturated carbocycles. The summed E-state index contributed by atoms with van der Waals surface area (Å²) in [4.78, 5) is 0. The summed E-state index contributed by atoms with van der Waals surface area (Å²) in [6.45, 7) is 5.94. The van der Waals surface area contributed by atoms with E-state index in [2.05, 4.69) is 15.9 Å². The van der Waals surface area contributed by atoms with Gasteiger partial charge in [0.05, 0.1) is 6.10 Å². The number of aliphatic hydroxyl groups is 1. The van der Waals surface area contributed by atoms with Crippen molar-refractivity contribution >= 4 is 15.9 Å². The van der Waals surface area contributed by atoms with Crippen LogP contribution in [-0.4, -0.2) is 16.8 Å². The Morgan fingerprint density at radius 2 is 2.00 bits per heavy atom. The van der Waals surface area contributed by atoms with Gasteiger partial charge in [-0.15, -0.1) is 0 Å². The molecule has 0 radical (unpaired) electrons. The highest BCUT2D eigenvalue weighted by Gasteiger charge is 2.20. The highest BCUT2D eigenvalue weighted by atomic mass is 79.9. The Labute approximate surface area is 104 Å². The lowest BCUT2D eigenvalue weighted by molar-refractivity contribution is 0.181. The van der Waals surface area contributed by atoms with Crippen molar-refractivity contribution in [1.29, 1.82) is 0 Å². The molecular weight excluding hydrogens is 270 g/mol. The second-order valence-electron chi connectivity index (χ2n) is 4.24. The first-order valence-electron chi connectivity index (χ1n) is 5.30. The van der Waals surface area contributed by atoms with Crippen molar-refractivity contribution in [3.63, 3.8) is 0 Å². The number of halogens is 1. The van der Waals surface area contributed by atoms with Gasteiger partial charge in [0, 0.05) is 16.6 Å². The van der Waals surface area contributed by atoms with E-state index < -0.39 is 6.10 Å². The molecule has 0 amide bonds. The summed E-state index contributed by atoms with van der Waals surface area (Å²) < 4.78 is 0.886. The molecule has 4 N–H and O–H groups in total. The summed E-state index contributed by atoms with van der Waals surface area (Å²) >= 11 is 3.43. The molecular formula is C12H18BrNO2. The third kappa shape index (κ3) is 2.39. The summed E-state index contributed by atoms with van der Waals surface area (Å²) in [5.74, 6) is 0.356. The van der Waals surface area contributed by atoms with Crippen LogP contribution in [0.3, 0.4) is 0 Å². The minimum Gasteiger partial charge on any atom is -0.507 e. The lowest BCUT2D eigenvalue weighted by atomic mass is 9.93. The Morgan fingerprint density at radius 3 is 2.44 bits per heavy atom. The number of phenolic OH excluding ortho intramolecular Hbond substituents is 1. The largest absolute Gasteiger partial charge is 0.507 e. The number of hydrogen-bond donors (Lipinski definition) is 3. The van der Waals surface area contributed by atoms with E-state index in [9.17, 15) is 10.2 Å². The zero-order valence-electron chi connectivity index (χ0n) is 9.79. The van der Waals surface area contributed by atoms with Gasteiger partial charge in [-0.2, -0.15) is 0 Å². The summed E-state index contributed by atoms with van der Waals surface area (Å²) in [6.07, 6.45) is -0.824. The minimum atomic E-state index is -0.824. The maximum absolute atomic E-state index is 10.1. The van der Waals surface area contributed by atoms with Gasteiger partial charge in [0.1, 0.15) is 5.75 Å². The van der Waals surface area contributed by atoms with Crippen molar-refractivity contribution in [2.24, 2.45) is 5.73 Å². The number of aromatic hydroxyl groups is 1. The maximum Gasteiger partial charge on any atom is 0.125 e. The van der Waals surface area contributed by atoms with Gasteiger partial charge in [0.15, 0.2) is 0 Å². The van der Waals surface area contributed by atoms with Gasteiger partial charge in [0.2, 0.25) is 0 Å². The molecule has 0 saturated heterocycles. The normalized spacial score (nSPS) is 13.2. The van der Waals surface area contributed by atoms with Crippen LogP contribution in [0.4, 0.5) is 0 Å². The van der Waals surface area contributed by atoms with Gasteiger partial charge >= 0.3 is 0 Å². The minimum absolute atomic E-state index is 0.0996. The Balaban J connectivity index is 3.45. The van der Waals surface area contributed by atoms with Crippen LogP contribution in [0.15, 0.2) is 10.5 Å². The molecule has 90 valence electrons. The predicted octanol–water partition coefficient (Wildman–Crippen LogP) is 2.58. The van der Waals surface area contributed by atoms with Crippen molar-refractivity contribution < 1.29 is 10.2 Å². The van der Waals surface area contributed by atoms with Crippen LogP contribution in [0.5, 0.6) is 5.75 Å². The first kappa shape index (κ1) is 13.5. The van der Waals surface area contributed by atoms with E-state index in [0.29, 0.717) is 5.56 Å². The molecule has 4 heteroatoms. The third-order valence-corrected chi connectivity index (χ3v) is 3.58. The number of aliphatic hydroxyl groups excluding tert-OH is 1. The fraction of sp³-hybridized carbons (Fsp3) is 0.500. The van der Waals surface area contributed by atoms with Crippen LogP contribution in [0.25, 0.3) is 0 Å². The van der Waals surface area contributed by atoms with Gasteiger partial charge in [-0.3, -0.25) is 0 Å². The van der Waals surface area contributed by atoms with Crippen LogP contribution < -0.4 is 5.73 Å². The van der Waals surface area contributed by atoms with Crippen LogP contribution in [0.2, 0.25) is 0 Å². The molecule has 0 aliphatic carbocycles. The highest BCUT2D eigenvalue weighted by molar-refractivity contribution is 9.10. The van der Waals surface area contributed by atoms with E-state index in [4.69, 9.17) is 5.73 Å². The standard InChI is InChI=1S/C12H18BrNO2/c1-6(2)8-4-9(13)7(3)11(12(8)16)10(15)5-14/h4,6,10,15-16H,5,14H2,1-3H3. The van der Waals surface area contributed by atoms with Crippen LogP contribution >= 0.6 is 15.9 Å². The molecule has 0 aliphatic heterocycles. The Kier molecular flexibility index (Phi) is 4.35. The summed E-state index contributed by atoms with van der Waals surface area (Å²) in [7, 11) is 0. The quantitative estimate of drug-likeness (QED) is 0.801. The van der Waals surface area contributed by atoms with Crippen molar-refractivity contribution in [3.05, 3.63) is 27.2 Å². The van der Waals surface area contributed by atoms with Gasteiger partial charge < -0.3 is 15.9 Å². The van der Waals surface area contributed by atoms with Crippen molar-refractivity contribution in [1.82, 2.24) is 0 Å². The molecule has 1 aromatic rings. The molecule has 1 unspecified atom stereocenters. The van der Waals surface area contributed by atoms with Crippen molar-refractivity contribution in [2.45, 2.75) is 32.8 Å². The molecule has 0 aromatic heterocycles. The molecule has 0 spiro atoms. The molecule has 0 fully saturated rings. The second kappa shape index (κ2) is 5.17. The summed E-state index contributed by atoms with van der Waals surface area (Å²) in [6, 6.07) is 1.89. The van der Waals surface area contributed by atoms with Gasteiger partial charge in [-0.05, 0) is 30.0 Å². The van der Waals surface area contributed by atoms with Gasteiger partial charge in [-0.25, -0.2) is 0 Å². The fourth-order valence-electron chi connectivity index (χ4n) is 1.74. The van der Waals surface area contributed by atoms with Gasteiger partial charge in [0.25, 0.3) is 0 Å². The van der Waals surface area contributed by atoms with Crippen LogP contribution in [0, 0.1) is 6.92 Å². The Morgan fingerprint density at radius 1 is 1.44 bits per heavy atom. The fourth-order valence-corrected chi connectivity index (χ4v) is 2.20. The highest BCUT2D eigenvalue weighted by Crippen LogP contribution is 2.38. The zero-order valence-corrected chi connectivity index (χ0v) is 11.4.